The van der Waals surface area contributed by atoms with Gasteiger partial charge in [-0.1, -0.05) is 17.3 Å². The van der Waals surface area contributed by atoms with Crippen LogP contribution in [0.3, 0.4) is 0 Å². The monoisotopic (exact) mass is 327 g/mol. The zero-order valence-electron chi connectivity index (χ0n) is 14.1. The van der Waals surface area contributed by atoms with E-state index in [1.165, 1.54) is 43.6 Å². The van der Waals surface area contributed by atoms with Crippen LogP contribution in [-0.2, 0) is 0 Å². The minimum atomic E-state index is -0.0401. The van der Waals surface area contributed by atoms with Crippen LogP contribution in [0.2, 0.25) is 0 Å². The molecule has 0 saturated carbocycles. The van der Waals surface area contributed by atoms with Gasteiger partial charge in [0.05, 0.1) is 5.52 Å². The van der Waals surface area contributed by atoms with Crippen molar-refractivity contribution < 1.29 is 4.79 Å². The number of fused-ring (bicyclic) bond motifs is 1. The molecule has 0 N–H and O–H groups in total. The number of aromatic nitrogens is 3. The number of benzene rings is 1. The third-order valence-corrected chi connectivity index (χ3v) is 5.47. The Hall–Kier alpha value is -1.95. The second-order valence-electron chi connectivity index (χ2n) is 7.04. The minimum absolute atomic E-state index is 0.0401. The highest BCUT2D eigenvalue weighted by Crippen LogP contribution is 2.23. The van der Waals surface area contributed by atoms with Gasteiger partial charge in [-0.25, -0.2) is 4.79 Å². The van der Waals surface area contributed by atoms with Gasteiger partial charge in [-0.3, -0.25) is 0 Å². The lowest BCUT2D eigenvalue weighted by molar-refractivity contribution is 0.162. The summed E-state index contributed by atoms with van der Waals surface area (Å²) in [5.74, 6) is 0.752. The average Bonchev–Trinajstić information content (AvgIpc) is 3.29. The van der Waals surface area contributed by atoms with E-state index in [0.717, 1.165) is 42.9 Å². The minimum Gasteiger partial charge on any atom is -0.323 e. The molecule has 1 amide bonds. The van der Waals surface area contributed by atoms with E-state index in [1.807, 2.05) is 29.2 Å². The first kappa shape index (κ1) is 15.6. The largest absolute Gasteiger partial charge is 0.346 e. The van der Waals surface area contributed by atoms with Crippen LogP contribution >= 0.6 is 0 Å². The molecule has 0 unspecified atom stereocenters. The number of nitrogens with zero attached hydrogens (tertiary/aromatic N) is 5. The normalized spacial score (nSPS) is 20.1. The van der Waals surface area contributed by atoms with Crippen LogP contribution < -0.4 is 0 Å². The van der Waals surface area contributed by atoms with Crippen molar-refractivity contribution in [2.24, 2.45) is 5.92 Å². The Bertz CT molecular complexity index is 698. The first-order valence-electron chi connectivity index (χ1n) is 9.13. The molecule has 2 saturated heterocycles. The highest BCUT2D eigenvalue weighted by atomic mass is 16.2. The van der Waals surface area contributed by atoms with E-state index in [1.54, 1.807) is 0 Å². The van der Waals surface area contributed by atoms with Crippen LogP contribution in [0.4, 0.5) is 4.79 Å². The van der Waals surface area contributed by atoms with Crippen LogP contribution in [-0.4, -0.2) is 63.5 Å². The number of rotatable bonds is 3. The molecule has 2 fully saturated rings. The predicted octanol–water partition coefficient (Wildman–Crippen LogP) is 2.60. The smallest absolute Gasteiger partial charge is 0.323 e. The molecule has 6 nitrogen and oxygen atoms in total. The van der Waals surface area contributed by atoms with Gasteiger partial charge in [0.15, 0.2) is 0 Å². The van der Waals surface area contributed by atoms with Crippen LogP contribution in [0, 0.1) is 5.92 Å². The van der Waals surface area contributed by atoms with Gasteiger partial charge in [-0.05, 0) is 69.8 Å². The quantitative estimate of drug-likeness (QED) is 0.869. The standard InChI is InChI=1S/C18H25N5O/c24-18(23-17-6-2-1-5-16(17)19-20-23)22-13-8-15(9-14-22)7-12-21-10-3-4-11-21/h1-2,5-6,15H,3-4,7-14H2. The fourth-order valence-electron chi connectivity index (χ4n) is 3.93. The fourth-order valence-corrected chi connectivity index (χ4v) is 3.93. The number of piperidine rings is 1. The molecule has 2 aliphatic heterocycles. The molecule has 2 aliphatic rings. The molecular weight excluding hydrogens is 302 g/mol. The lowest BCUT2D eigenvalue weighted by atomic mass is 9.93. The number of likely N-dealkylation sites (tertiary alicyclic amines) is 2. The van der Waals surface area contributed by atoms with Crippen molar-refractivity contribution in [2.45, 2.75) is 32.1 Å². The van der Waals surface area contributed by atoms with E-state index < -0.39 is 0 Å². The highest BCUT2D eigenvalue weighted by molar-refractivity contribution is 5.87. The van der Waals surface area contributed by atoms with E-state index in [9.17, 15) is 4.79 Å². The predicted molar refractivity (Wildman–Crippen MR) is 92.9 cm³/mol. The maximum absolute atomic E-state index is 12.7. The molecular formula is C18H25N5O. The van der Waals surface area contributed by atoms with Gasteiger partial charge in [-0.15, -0.1) is 5.10 Å². The summed E-state index contributed by atoms with van der Waals surface area (Å²) in [6, 6.07) is 7.58. The third kappa shape index (κ3) is 3.15. The summed E-state index contributed by atoms with van der Waals surface area (Å²) >= 11 is 0. The Morgan fingerprint density at radius 2 is 1.83 bits per heavy atom. The summed E-state index contributed by atoms with van der Waals surface area (Å²) in [4.78, 5) is 17.2. The van der Waals surface area contributed by atoms with Crippen molar-refractivity contribution in [1.82, 2.24) is 24.8 Å². The van der Waals surface area contributed by atoms with Crippen LogP contribution in [0.25, 0.3) is 11.0 Å². The number of amides is 1. The van der Waals surface area contributed by atoms with Crippen molar-refractivity contribution in [3.63, 3.8) is 0 Å². The number of para-hydroxylation sites is 1. The van der Waals surface area contributed by atoms with E-state index in [0.29, 0.717) is 0 Å². The fraction of sp³-hybridized carbons (Fsp3) is 0.611. The van der Waals surface area contributed by atoms with Crippen LogP contribution in [0.5, 0.6) is 0 Å². The zero-order valence-corrected chi connectivity index (χ0v) is 14.1. The van der Waals surface area contributed by atoms with Crippen molar-refractivity contribution in [2.75, 3.05) is 32.7 Å². The topological polar surface area (TPSA) is 54.3 Å². The van der Waals surface area contributed by atoms with Crippen molar-refractivity contribution >= 4 is 17.1 Å². The second-order valence-corrected chi connectivity index (χ2v) is 7.04. The van der Waals surface area contributed by atoms with Crippen molar-refractivity contribution in [3.8, 4) is 0 Å². The number of hydrogen-bond acceptors (Lipinski definition) is 4. The van der Waals surface area contributed by atoms with Gasteiger partial charge < -0.3 is 9.80 Å². The summed E-state index contributed by atoms with van der Waals surface area (Å²) in [7, 11) is 0. The SMILES string of the molecule is O=C(N1CCC(CCN2CCCC2)CC1)n1nnc2ccccc21. The molecule has 1 aromatic heterocycles. The maximum atomic E-state index is 12.7. The highest BCUT2D eigenvalue weighted by Gasteiger charge is 2.25. The summed E-state index contributed by atoms with van der Waals surface area (Å²) in [5, 5.41) is 8.13. The Balaban J connectivity index is 1.32. The van der Waals surface area contributed by atoms with Gasteiger partial charge in [0.2, 0.25) is 0 Å². The van der Waals surface area contributed by atoms with Crippen molar-refractivity contribution in [1.29, 1.82) is 0 Å². The molecule has 0 atom stereocenters. The Morgan fingerprint density at radius 1 is 1.08 bits per heavy atom. The number of hydrogen-bond donors (Lipinski definition) is 0. The molecule has 24 heavy (non-hydrogen) atoms. The van der Waals surface area contributed by atoms with Gasteiger partial charge >= 0.3 is 6.03 Å². The molecule has 6 heteroatoms. The van der Waals surface area contributed by atoms with Crippen LogP contribution in [0.15, 0.2) is 24.3 Å². The van der Waals surface area contributed by atoms with E-state index in [4.69, 9.17) is 0 Å². The van der Waals surface area contributed by atoms with Gasteiger partial charge in [0, 0.05) is 13.1 Å². The molecule has 128 valence electrons. The second kappa shape index (κ2) is 6.89. The van der Waals surface area contributed by atoms with Gasteiger partial charge in [0.25, 0.3) is 0 Å². The molecule has 0 aliphatic carbocycles. The van der Waals surface area contributed by atoms with E-state index in [2.05, 4.69) is 15.2 Å². The molecule has 0 radical (unpaired) electrons. The maximum Gasteiger partial charge on any atom is 0.346 e. The summed E-state index contributed by atoms with van der Waals surface area (Å²) in [5.41, 5.74) is 1.56. The summed E-state index contributed by atoms with van der Waals surface area (Å²) in [6.45, 7) is 5.44. The van der Waals surface area contributed by atoms with Gasteiger partial charge in [0.1, 0.15) is 5.52 Å². The van der Waals surface area contributed by atoms with Crippen molar-refractivity contribution in [3.05, 3.63) is 24.3 Å². The van der Waals surface area contributed by atoms with Crippen LogP contribution in [0.1, 0.15) is 32.1 Å². The Morgan fingerprint density at radius 3 is 2.62 bits per heavy atom. The average molecular weight is 327 g/mol. The first-order valence-corrected chi connectivity index (χ1v) is 9.13. The van der Waals surface area contributed by atoms with E-state index in [-0.39, 0.29) is 6.03 Å². The molecule has 4 rings (SSSR count). The Kier molecular flexibility index (Phi) is 4.47. The first-order chi connectivity index (χ1) is 11.8. The lowest BCUT2D eigenvalue weighted by Gasteiger charge is -2.32. The molecule has 1 aromatic carbocycles. The summed E-state index contributed by atoms with van der Waals surface area (Å²) < 4.78 is 1.44. The Labute approximate surface area is 142 Å². The summed E-state index contributed by atoms with van der Waals surface area (Å²) in [6.07, 6.45) is 6.20. The molecule has 0 spiro atoms. The number of carbonyl (C=O) groups excluding carboxylic acids is 1. The van der Waals surface area contributed by atoms with E-state index >= 15 is 0 Å². The number of carbonyl (C=O) groups is 1. The third-order valence-electron chi connectivity index (χ3n) is 5.47. The molecule has 3 heterocycles. The zero-order chi connectivity index (χ0) is 16.4. The molecule has 2 aromatic rings. The van der Waals surface area contributed by atoms with Gasteiger partial charge in [-0.2, -0.15) is 4.68 Å². The lowest BCUT2D eigenvalue weighted by Crippen LogP contribution is -2.41. The molecule has 0 bridgehead atoms.